The molecule has 0 aliphatic heterocycles. The number of carbonyl (C=O) groups excluding carboxylic acids is 5. The van der Waals surface area contributed by atoms with Crippen LogP contribution in [0.4, 0.5) is 15.1 Å². The molecule has 3 aromatic heterocycles. The second-order valence-electron chi connectivity index (χ2n) is 16.9. The summed E-state index contributed by atoms with van der Waals surface area (Å²) >= 11 is 2.38. The molecule has 0 saturated heterocycles. The van der Waals surface area contributed by atoms with Gasteiger partial charge in [0.1, 0.15) is 28.7 Å². The van der Waals surface area contributed by atoms with Crippen LogP contribution in [0.1, 0.15) is 82.6 Å². The fraction of sp³-hybridized carbons (Fsp3) is 0.500. The maximum absolute atomic E-state index is 13.8. The van der Waals surface area contributed by atoms with Gasteiger partial charge in [0.2, 0.25) is 10.3 Å². The molecule has 13 nitrogen and oxygen atoms in total. The van der Waals surface area contributed by atoms with Crippen molar-refractivity contribution in [2.24, 2.45) is 57.3 Å². The van der Waals surface area contributed by atoms with E-state index in [-0.39, 0.29) is 86.1 Å². The van der Waals surface area contributed by atoms with Crippen LogP contribution in [0.2, 0.25) is 0 Å². The van der Waals surface area contributed by atoms with Gasteiger partial charge in [0.05, 0.1) is 9.40 Å². The lowest BCUT2D eigenvalue weighted by atomic mass is 9.64. The minimum Gasteiger partial charge on any atom is -0.442 e. The first-order chi connectivity index (χ1) is 27.8. The van der Waals surface area contributed by atoms with Crippen molar-refractivity contribution in [1.29, 1.82) is 0 Å². The zero-order chi connectivity index (χ0) is 38.5. The van der Waals surface area contributed by atoms with Gasteiger partial charge in [-0.05, 0) is 54.9 Å². The molecule has 6 saturated carbocycles. The number of carbonyl (C=O) groups is 5. The zero-order valence-corrected chi connectivity index (χ0v) is 32.7. The minimum atomic E-state index is -0.807. The number of aliphatic imine (C=N–C) groups is 2. The van der Waals surface area contributed by atoms with Crippen molar-refractivity contribution < 1.29 is 28.7 Å². The van der Waals surface area contributed by atoms with Crippen LogP contribution in [0, 0.1) is 47.3 Å². The highest BCUT2D eigenvalue weighted by Gasteiger charge is 2.53. The number of hydrogen-bond donors (Lipinski definition) is 0. The third-order valence-electron chi connectivity index (χ3n) is 13.9. The lowest BCUT2D eigenvalue weighted by molar-refractivity contribution is -0.123. The fourth-order valence-electron chi connectivity index (χ4n) is 11.1. The number of rotatable bonds is 4. The average Bonchev–Trinajstić information content (AvgIpc) is 4.05. The van der Waals surface area contributed by atoms with Gasteiger partial charge in [-0.3, -0.25) is 19.2 Å². The van der Waals surface area contributed by atoms with Gasteiger partial charge in [0, 0.05) is 23.7 Å². The molecule has 8 unspecified atom stereocenters. The van der Waals surface area contributed by atoms with Gasteiger partial charge in [0.15, 0.2) is 34.6 Å². The summed E-state index contributed by atoms with van der Waals surface area (Å²) in [5.74, 6) is -0.189. The summed E-state index contributed by atoms with van der Waals surface area (Å²) in [6, 6.07) is 9.26. The Bertz CT molecular complexity index is 2410. The van der Waals surface area contributed by atoms with E-state index in [0.29, 0.717) is 44.1 Å². The van der Waals surface area contributed by atoms with E-state index in [1.54, 1.807) is 0 Å². The third kappa shape index (κ3) is 5.77. The van der Waals surface area contributed by atoms with Crippen molar-refractivity contribution in [2.45, 2.75) is 83.7 Å². The van der Waals surface area contributed by atoms with Crippen molar-refractivity contribution in [3.63, 3.8) is 0 Å². The van der Waals surface area contributed by atoms with Crippen LogP contribution in [0.25, 0.3) is 31.5 Å². The monoisotopic (exact) mass is 801 g/mol. The van der Waals surface area contributed by atoms with Gasteiger partial charge in [-0.2, -0.15) is 0 Å². The molecule has 57 heavy (non-hydrogen) atoms. The molecule has 0 bridgehead atoms. The van der Waals surface area contributed by atoms with E-state index in [1.807, 2.05) is 30.3 Å². The summed E-state index contributed by atoms with van der Waals surface area (Å²) in [4.78, 5) is 88.1. The summed E-state index contributed by atoms with van der Waals surface area (Å²) < 4.78 is 6.75. The molecule has 6 aliphatic rings. The number of fused-ring (bicyclic) bond motifs is 10. The molecule has 2 aromatic carbocycles. The van der Waals surface area contributed by atoms with Crippen molar-refractivity contribution in [1.82, 2.24) is 25.0 Å². The Balaban J connectivity index is 0.987. The number of nitrogens with zero attached hydrogens (tertiary/aromatic N) is 7. The number of Topliss-reactive ketones (excluding diaryl/α,β-unsaturated/α-hetero) is 4. The van der Waals surface area contributed by atoms with E-state index in [2.05, 4.69) is 20.2 Å². The fourth-order valence-corrected chi connectivity index (χ4v) is 13.1. The topological polar surface area (TPSA) is 176 Å². The first kappa shape index (κ1) is 35.3. The smallest absolute Gasteiger partial charge is 0.442 e. The Labute approximate surface area is 334 Å². The molecule has 0 spiro atoms. The Kier molecular flexibility index (Phi) is 8.42. The zero-order valence-electron chi connectivity index (χ0n) is 31.1. The number of aromatic nitrogens is 5. The molecule has 0 radical (unpaired) electrons. The summed E-state index contributed by atoms with van der Waals surface area (Å²) in [7, 11) is 0. The van der Waals surface area contributed by atoms with Crippen LogP contribution in [0.3, 0.4) is 0 Å². The first-order valence-corrected chi connectivity index (χ1v) is 22.0. The van der Waals surface area contributed by atoms with Crippen LogP contribution in [0.15, 0.2) is 40.3 Å². The van der Waals surface area contributed by atoms with Crippen LogP contribution >= 0.6 is 22.7 Å². The standard InChI is InChI=1S/C42H39N7O6S2/c50-34-24-14-20-10-4-5-11-21(20)15-25(24)35(51)32(34)45-40-43-30-28-29(48-49(47-28)42(54)55-18-19-8-2-1-3-9-19)31-39(38(30)56-40)57-41(44-31)46-33-36(52)26-16-22-12-6-7-13-23(22)17-27(26)37(33)53/h1-3,8-9,20-27H,4-7,10-18H2. The lowest BCUT2D eigenvalue weighted by Gasteiger charge is -2.39. The minimum absolute atomic E-state index is 0.0101. The van der Waals surface area contributed by atoms with E-state index in [4.69, 9.17) is 14.7 Å². The van der Waals surface area contributed by atoms with E-state index in [0.717, 1.165) is 61.7 Å². The van der Waals surface area contributed by atoms with Crippen LogP contribution in [-0.2, 0) is 30.5 Å². The number of thiazole rings is 2. The molecular formula is C42H39N7O6S2. The molecular weight excluding hydrogens is 763 g/mol. The van der Waals surface area contributed by atoms with Crippen LogP contribution in [-0.4, -0.2) is 65.6 Å². The predicted molar refractivity (Wildman–Crippen MR) is 213 cm³/mol. The van der Waals surface area contributed by atoms with Gasteiger partial charge in [-0.15, -0.1) is 10.2 Å². The molecule has 6 fully saturated rings. The second kappa shape index (κ2) is 13.6. The molecule has 5 aromatic rings. The maximum Gasteiger partial charge on any atom is 0.452 e. The Morgan fingerprint density at radius 1 is 0.614 bits per heavy atom. The van der Waals surface area contributed by atoms with Gasteiger partial charge in [0.25, 0.3) is 0 Å². The SMILES string of the molecule is O=C1C(=Nc2nc3c4nn(C(=O)OCc5ccccc5)nc4c4nc(N=C5C(=O)C6CC7CCCCC7CC6C5=O)sc4c3s2)C(=O)C2CC3CCCCC3CC12. The van der Waals surface area contributed by atoms with Gasteiger partial charge >= 0.3 is 6.09 Å². The van der Waals surface area contributed by atoms with E-state index in [1.165, 1.54) is 48.4 Å². The molecule has 8 atom stereocenters. The molecule has 290 valence electrons. The molecule has 15 heteroatoms. The van der Waals surface area contributed by atoms with E-state index < -0.39 is 6.09 Å². The highest BCUT2D eigenvalue weighted by atomic mass is 32.1. The number of ketones is 4. The summed E-state index contributed by atoms with van der Waals surface area (Å²) in [5, 5.41) is 9.44. The molecule has 6 aliphatic carbocycles. The van der Waals surface area contributed by atoms with Crippen LogP contribution in [0.5, 0.6) is 0 Å². The largest absolute Gasteiger partial charge is 0.452 e. The summed E-state index contributed by atoms with van der Waals surface area (Å²) in [5.41, 5.74) is 1.96. The molecule has 0 N–H and O–H groups in total. The van der Waals surface area contributed by atoms with E-state index in [9.17, 15) is 24.0 Å². The van der Waals surface area contributed by atoms with Crippen molar-refractivity contribution in [3.8, 4) is 0 Å². The highest BCUT2D eigenvalue weighted by Crippen LogP contribution is 2.51. The quantitative estimate of drug-likeness (QED) is 0.173. The average molecular weight is 802 g/mol. The van der Waals surface area contributed by atoms with Crippen molar-refractivity contribution in [2.75, 3.05) is 0 Å². The molecule has 11 rings (SSSR count). The number of benzene rings is 2. The normalized spacial score (nSPS) is 29.8. The predicted octanol–water partition coefficient (Wildman–Crippen LogP) is 7.95. The van der Waals surface area contributed by atoms with Gasteiger partial charge in [-0.1, -0.05) is 109 Å². The lowest BCUT2D eigenvalue weighted by Crippen LogP contribution is -2.35. The Morgan fingerprint density at radius 3 is 1.42 bits per heavy atom. The molecule has 0 amide bonds. The second-order valence-corrected chi connectivity index (χ2v) is 18.9. The summed E-state index contributed by atoms with van der Waals surface area (Å²) in [6.45, 7) is 0.0101. The summed E-state index contributed by atoms with van der Waals surface area (Å²) in [6.07, 6.45) is 11.3. The van der Waals surface area contributed by atoms with Crippen molar-refractivity contribution >= 4 is 105 Å². The van der Waals surface area contributed by atoms with Gasteiger partial charge in [-0.25, -0.2) is 24.7 Å². The highest BCUT2D eigenvalue weighted by molar-refractivity contribution is 7.30. The van der Waals surface area contributed by atoms with Crippen LogP contribution < -0.4 is 0 Å². The molecule has 3 heterocycles. The van der Waals surface area contributed by atoms with Crippen molar-refractivity contribution in [3.05, 3.63) is 35.9 Å². The first-order valence-electron chi connectivity index (χ1n) is 20.3. The maximum atomic E-state index is 13.8. The Hall–Kier alpha value is -4.89. The third-order valence-corrected chi connectivity index (χ3v) is 16.0. The number of ether oxygens (including phenoxy) is 1. The van der Waals surface area contributed by atoms with E-state index >= 15 is 0 Å². The van der Waals surface area contributed by atoms with Gasteiger partial charge < -0.3 is 4.74 Å². The Morgan fingerprint density at radius 2 is 1.02 bits per heavy atom. The number of hydrogen-bond acceptors (Lipinski definition) is 14.